The summed E-state index contributed by atoms with van der Waals surface area (Å²) in [4.78, 5) is 18.3. The highest BCUT2D eigenvalue weighted by Crippen LogP contribution is 2.33. The maximum absolute atomic E-state index is 13.6. The first-order valence-electron chi connectivity index (χ1n) is 12.8. The predicted octanol–water partition coefficient (Wildman–Crippen LogP) is 6.95. The Bertz CT molecular complexity index is 1940. The summed E-state index contributed by atoms with van der Waals surface area (Å²) in [6, 6.07) is 28.4. The molecule has 0 unspecified atom stereocenters. The van der Waals surface area contributed by atoms with Crippen LogP contribution in [-0.4, -0.2) is 31.4 Å². The van der Waals surface area contributed by atoms with Crippen LogP contribution in [0.5, 0.6) is 5.75 Å². The number of alkyl halides is 3. The first-order valence-corrected chi connectivity index (χ1v) is 13.8. The smallest absolute Gasteiger partial charge is 0.416 e. The Morgan fingerprint density at radius 3 is 2.26 bits per heavy atom. The van der Waals surface area contributed by atoms with E-state index in [4.69, 9.17) is 9.72 Å². The summed E-state index contributed by atoms with van der Waals surface area (Å²) in [6.07, 6.45) is -4.57. The van der Waals surface area contributed by atoms with Crippen LogP contribution < -0.4 is 10.3 Å². The normalized spacial score (nSPS) is 11.6. The van der Waals surface area contributed by atoms with Crippen LogP contribution in [0.2, 0.25) is 0 Å². The van der Waals surface area contributed by atoms with Crippen molar-refractivity contribution in [2.75, 3.05) is 7.11 Å². The van der Waals surface area contributed by atoms with Gasteiger partial charge in [0.15, 0.2) is 11.0 Å². The highest BCUT2D eigenvalue weighted by Gasteiger charge is 2.31. The zero-order valence-corrected chi connectivity index (χ0v) is 22.9. The lowest BCUT2D eigenvalue weighted by molar-refractivity contribution is -0.137. The van der Waals surface area contributed by atoms with Crippen LogP contribution >= 0.6 is 11.8 Å². The summed E-state index contributed by atoms with van der Waals surface area (Å²) in [5.41, 5.74) is 0.837. The Kier molecular flexibility index (Phi) is 7.26. The summed E-state index contributed by atoms with van der Waals surface area (Å²) >= 11 is 1.27. The molecule has 0 atom stereocenters. The molecule has 0 aliphatic heterocycles. The third kappa shape index (κ3) is 5.26. The van der Waals surface area contributed by atoms with E-state index in [1.165, 1.54) is 28.5 Å². The lowest BCUT2D eigenvalue weighted by Crippen LogP contribution is -2.24. The van der Waals surface area contributed by atoms with Crippen LogP contribution in [0.1, 0.15) is 11.4 Å². The SMILES string of the molecule is COc1ccc(-c2nnc(SCc3nc4ccccc4c(=O)n3-c3cccc(C(F)(F)F)c3)n2-c2ccccc2)cc1. The second-order valence-electron chi connectivity index (χ2n) is 9.23. The van der Waals surface area contributed by atoms with Crippen molar-refractivity contribution < 1.29 is 17.9 Å². The Labute approximate surface area is 242 Å². The minimum absolute atomic E-state index is 0.0760. The molecular formula is C31H22F3N5O2S. The number of halogens is 3. The first-order chi connectivity index (χ1) is 20.3. The molecule has 6 aromatic rings. The highest BCUT2D eigenvalue weighted by molar-refractivity contribution is 7.98. The minimum atomic E-state index is -4.57. The molecule has 42 heavy (non-hydrogen) atoms. The summed E-state index contributed by atoms with van der Waals surface area (Å²) in [5.74, 6) is 1.70. The van der Waals surface area contributed by atoms with E-state index in [9.17, 15) is 18.0 Å². The van der Waals surface area contributed by atoms with E-state index in [1.807, 2.05) is 59.2 Å². The number of methoxy groups -OCH3 is 1. The molecule has 2 heterocycles. The van der Waals surface area contributed by atoms with E-state index in [-0.39, 0.29) is 17.3 Å². The molecule has 6 rings (SSSR count). The van der Waals surface area contributed by atoms with Crippen LogP contribution in [0.3, 0.4) is 0 Å². The number of aromatic nitrogens is 5. The number of ether oxygens (including phenoxy) is 1. The van der Waals surface area contributed by atoms with Gasteiger partial charge in [-0.3, -0.25) is 13.9 Å². The summed E-state index contributed by atoms with van der Waals surface area (Å²) in [6.45, 7) is 0. The van der Waals surface area contributed by atoms with Crippen molar-refractivity contribution in [3.63, 3.8) is 0 Å². The van der Waals surface area contributed by atoms with Gasteiger partial charge >= 0.3 is 6.18 Å². The maximum atomic E-state index is 13.6. The molecule has 0 spiro atoms. The van der Waals surface area contributed by atoms with E-state index in [0.717, 1.165) is 23.4 Å². The molecular weight excluding hydrogens is 563 g/mol. The van der Waals surface area contributed by atoms with Gasteiger partial charge in [-0.1, -0.05) is 48.2 Å². The average molecular weight is 586 g/mol. The van der Waals surface area contributed by atoms with Gasteiger partial charge in [0.2, 0.25) is 0 Å². The number of thioether (sulfide) groups is 1. The van der Waals surface area contributed by atoms with Crippen molar-refractivity contribution in [3.8, 4) is 28.5 Å². The van der Waals surface area contributed by atoms with Crippen LogP contribution in [0.4, 0.5) is 13.2 Å². The number of hydrogen-bond acceptors (Lipinski definition) is 6. The minimum Gasteiger partial charge on any atom is -0.497 e. The van der Waals surface area contributed by atoms with Gasteiger partial charge in [0.25, 0.3) is 5.56 Å². The molecule has 2 aromatic heterocycles. The van der Waals surface area contributed by atoms with Gasteiger partial charge in [-0.15, -0.1) is 10.2 Å². The van der Waals surface area contributed by atoms with Gasteiger partial charge in [0.05, 0.1) is 35.0 Å². The van der Waals surface area contributed by atoms with Crippen molar-refractivity contribution in [3.05, 3.63) is 125 Å². The highest BCUT2D eigenvalue weighted by atomic mass is 32.2. The van der Waals surface area contributed by atoms with Crippen molar-refractivity contribution in [2.45, 2.75) is 17.1 Å². The van der Waals surface area contributed by atoms with Crippen LogP contribution in [0.15, 0.2) is 113 Å². The number of fused-ring (bicyclic) bond motifs is 1. The zero-order valence-electron chi connectivity index (χ0n) is 22.1. The summed E-state index contributed by atoms with van der Waals surface area (Å²) < 4.78 is 49.1. The second kappa shape index (κ2) is 11.2. The Balaban J connectivity index is 1.45. The van der Waals surface area contributed by atoms with Crippen LogP contribution in [0, 0.1) is 0 Å². The largest absolute Gasteiger partial charge is 0.497 e. The summed E-state index contributed by atoms with van der Waals surface area (Å²) in [7, 11) is 1.59. The van der Waals surface area contributed by atoms with Gasteiger partial charge in [-0.25, -0.2) is 4.98 Å². The number of benzene rings is 4. The Morgan fingerprint density at radius 1 is 0.810 bits per heavy atom. The van der Waals surface area contributed by atoms with Gasteiger partial charge in [0, 0.05) is 11.3 Å². The quantitative estimate of drug-likeness (QED) is 0.189. The molecule has 0 saturated heterocycles. The fourth-order valence-electron chi connectivity index (χ4n) is 4.59. The lowest BCUT2D eigenvalue weighted by atomic mass is 10.2. The molecule has 0 radical (unpaired) electrons. The number of rotatable bonds is 7. The topological polar surface area (TPSA) is 74.8 Å². The van der Waals surface area contributed by atoms with E-state index in [0.29, 0.717) is 27.6 Å². The van der Waals surface area contributed by atoms with E-state index in [1.54, 1.807) is 31.4 Å². The molecule has 0 bridgehead atoms. The number of hydrogen-bond donors (Lipinski definition) is 0. The molecule has 0 aliphatic rings. The molecule has 0 fully saturated rings. The fraction of sp³-hybridized carbons (Fsp3) is 0.0968. The van der Waals surface area contributed by atoms with Crippen LogP contribution in [-0.2, 0) is 11.9 Å². The average Bonchev–Trinajstić information content (AvgIpc) is 3.44. The van der Waals surface area contributed by atoms with Crippen molar-refractivity contribution >= 4 is 22.7 Å². The van der Waals surface area contributed by atoms with Gasteiger partial charge in [-0.2, -0.15) is 13.2 Å². The van der Waals surface area contributed by atoms with E-state index in [2.05, 4.69) is 10.2 Å². The standard InChI is InChI=1S/C31H22F3N5O2S/c1-41-24-16-14-20(15-17-24)28-36-37-30(39(28)22-9-3-2-4-10-22)42-19-27-35-26-13-6-5-12-25(26)29(40)38(27)23-11-7-8-21(18-23)31(32,33)34/h2-18H,19H2,1H3. The van der Waals surface area contributed by atoms with E-state index < -0.39 is 17.3 Å². The number of nitrogens with zero attached hydrogens (tertiary/aromatic N) is 5. The summed E-state index contributed by atoms with van der Waals surface area (Å²) in [5, 5.41) is 9.72. The molecule has 7 nitrogen and oxygen atoms in total. The first kappa shape index (κ1) is 27.3. The molecule has 0 amide bonds. The molecule has 0 aliphatic carbocycles. The number of para-hydroxylation sites is 2. The maximum Gasteiger partial charge on any atom is 0.416 e. The molecule has 210 valence electrons. The third-order valence-corrected chi connectivity index (χ3v) is 7.53. The van der Waals surface area contributed by atoms with Crippen LogP contribution in [0.25, 0.3) is 33.7 Å². The van der Waals surface area contributed by atoms with Crippen molar-refractivity contribution in [1.82, 2.24) is 24.3 Å². The van der Waals surface area contributed by atoms with Gasteiger partial charge < -0.3 is 4.74 Å². The monoisotopic (exact) mass is 585 g/mol. The molecule has 0 N–H and O–H groups in total. The fourth-order valence-corrected chi connectivity index (χ4v) is 5.46. The van der Waals surface area contributed by atoms with Gasteiger partial charge in [-0.05, 0) is 66.7 Å². The van der Waals surface area contributed by atoms with Gasteiger partial charge in [0.1, 0.15) is 11.6 Å². The molecule has 0 saturated carbocycles. The lowest BCUT2D eigenvalue weighted by Gasteiger charge is -2.16. The third-order valence-electron chi connectivity index (χ3n) is 6.60. The molecule has 4 aromatic carbocycles. The zero-order chi connectivity index (χ0) is 29.3. The second-order valence-corrected chi connectivity index (χ2v) is 10.2. The Morgan fingerprint density at radius 2 is 1.52 bits per heavy atom. The van der Waals surface area contributed by atoms with Crippen molar-refractivity contribution in [2.24, 2.45) is 0 Å². The van der Waals surface area contributed by atoms with E-state index >= 15 is 0 Å². The predicted molar refractivity (Wildman–Crippen MR) is 155 cm³/mol. The van der Waals surface area contributed by atoms with Crippen molar-refractivity contribution in [1.29, 1.82) is 0 Å². The Hall–Kier alpha value is -4.90. The molecule has 11 heteroatoms.